The first-order chi connectivity index (χ1) is 9.16. The molecule has 0 radical (unpaired) electrons. The normalized spacial score (nSPS) is 16.1. The molecule has 4 nitrogen and oxygen atoms in total. The maximum absolute atomic E-state index is 12.1. The van der Waals surface area contributed by atoms with Crippen molar-refractivity contribution in [2.45, 2.75) is 32.3 Å². The van der Waals surface area contributed by atoms with Crippen molar-refractivity contribution in [2.24, 2.45) is 5.92 Å². The molecule has 1 atom stereocenters. The molecule has 1 saturated carbocycles. The Morgan fingerprint density at radius 3 is 2.79 bits per heavy atom. The Kier molecular flexibility index (Phi) is 4.91. The molecular formula is C15H22N2O2. The summed E-state index contributed by atoms with van der Waals surface area (Å²) in [5.74, 6) is 0.757. The second-order valence-corrected chi connectivity index (χ2v) is 5.28. The third-order valence-corrected chi connectivity index (χ3v) is 3.49. The van der Waals surface area contributed by atoms with Gasteiger partial charge in [-0.05, 0) is 49.8 Å². The van der Waals surface area contributed by atoms with Gasteiger partial charge in [0.25, 0.3) is 5.91 Å². The van der Waals surface area contributed by atoms with Gasteiger partial charge >= 0.3 is 0 Å². The number of rotatable bonds is 7. The highest BCUT2D eigenvalue weighted by Gasteiger charge is 2.25. The first kappa shape index (κ1) is 14.0. The molecule has 1 unspecified atom stereocenters. The lowest BCUT2D eigenvalue weighted by Crippen LogP contribution is -2.37. The van der Waals surface area contributed by atoms with E-state index >= 15 is 0 Å². The van der Waals surface area contributed by atoms with Crippen LogP contribution in [-0.2, 0) is 16.0 Å². The van der Waals surface area contributed by atoms with Gasteiger partial charge < -0.3 is 9.64 Å². The molecule has 1 amide bonds. The van der Waals surface area contributed by atoms with Crippen LogP contribution in [0.2, 0.25) is 0 Å². The lowest BCUT2D eigenvalue weighted by atomic mass is 10.2. The number of aromatic nitrogens is 1. The minimum absolute atomic E-state index is 0.0645. The summed E-state index contributed by atoms with van der Waals surface area (Å²) in [5, 5.41) is 0. The largest absolute Gasteiger partial charge is 0.368 e. The summed E-state index contributed by atoms with van der Waals surface area (Å²) in [4.78, 5) is 17.8. The minimum Gasteiger partial charge on any atom is -0.368 e. The molecule has 0 bridgehead atoms. The van der Waals surface area contributed by atoms with E-state index in [4.69, 9.17) is 4.74 Å². The van der Waals surface area contributed by atoms with Gasteiger partial charge in [0, 0.05) is 26.0 Å². The number of ether oxygens (including phenoxy) is 1. The van der Waals surface area contributed by atoms with Crippen LogP contribution >= 0.6 is 0 Å². The van der Waals surface area contributed by atoms with Gasteiger partial charge in [-0.25, -0.2) is 0 Å². The van der Waals surface area contributed by atoms with Gasteiger partial charge in [-0.1, -0.05) is 0 Å². The highest BCUT2D eigenvalue weighted by atomic mass is 16.5. The molecule has 1 fully saturated rings. The van der Waals surface area contributed by atoms with Crippen LogP contribution in [0.1, 0.15) is 25.3 Å². The van der Waals surface area contributed by atoms with E-state index in [0.29, 0.717) is 12.5 Å². The standard InChI is InChI=1S/C15H22N2O2/c1-12(19-11-14-3-4-14)15(18)17(2)10-7-13-5-8-16-9-6-13/h5-6,8-9,12,14H,3-4,7,10-11H2,1-2H3. The Morgan fingerprint density at radius 2 is 2.16 bits per heavy atom. The molecule has 104 valence electrons. The monoisotopic (exact) mass is 262 g/mol. The first-order valence-corrected chi connectivity index (χ1v) is 6.92. The van der Waals surface area contributed by atoms with Gasteiger partial charge in [0.15, 0.2) is 0 Å². The van der Waals surface area contributed by atoms with Gasteiger partial charge in [0.2, 0.25) is 0 Å². The Morgan fingerprint density at radius 1 is 1.47 bits per heavy atom. The van der Waals surface area contributed by atoms with Crippen LogP contribution < -0.4 is 0 Å². The van der Waals surface area contributed by atoms with E-state index in [-0.39, 0.29) is 12.0 Å². The fraction of sp³-hybridized carbons (Fsp3) is 0.600. The summed E-state index contributed by atoms with van der Waals surface area (Å²) in [7, 11) is 1.83. The summed E-state index contributed by atoms with van der Waals surface area (Å²) >= 11 is 0. The number of amides is 1. The summed E-state index contributed by atoms with van der Waals surface area (Å²) in [6.07, 6.45) is 6.57. The zero-order chi connectivity index (χ0) is 13.7. The molecule has 1 heterocycles. The van der Waals surface area contributed by atoms with Crippen molar-refractivity contribution >= 4 is 5.91 Å². The fourth-order valence-corrected chi connectivity index (χ4v) is 1.90. The number of nitrogens with zero attached hydrogens (tertiary/aromatic N) is 2. The molecule has 0 aromatic carbocycles. The Hall–Kier alpha value is -1.42. The molecule has 4 heteroatoms. The van der Waals surface area contributed by atoms with Crippen LogP contribution in [-0.4, -0.2) is 42.1 Å². The predicted molar refractivity (Wildman–Crippen MR) is 73.7 cm³/mol. The molecule has 1 aromatic heterocycles. The molecule has 0 saturated heterocycles. The molecule has 0 N–H and O–H groups in total. The van der Waals surface area contributed by atoms with E-state index in [2.05, 4.69) is 4.98 Å². The van der Waals surface area contributed by atoms with Crippen LogP contribution in [0.25, 0.3) is 0 Å². The number of carbonyl (C=O) groups is 1. The lowest BCUT2D eigenvalue weighted by molar-refractivity contribution is -0.141. The van der Waals surface area contributed by atoms with E-state index in [1.807, 2.05) is 26.1 Å². The summed E-state index contributed by atoms with van der Waals surface area (Å²) < 4.78 is 5.60. The zero-order valence-corrected chi connectivity index (χ0v) is 11.7. The molecule has 1 aliphatic rings. The van der Waals surface area contributed by atoms with Crippen molar-refractivity contribution in [2.75, 3.05) is 20.2 Å². The van der Waals surface area contributed by atoms with Crippen LogP contribution in [0.4, 0.5) is 0 Å². The van der Waals surface area contributed by atoms with E-state index in [9.17, 15) is 4.79 Å². The van der Waals surface area contributed by atoms with Gasteiger partial charge in [-0.2, -0.15) is 0 Å². The minimum atomic E-state index is -0.331. The number of pyridine rings is 1. The second kappa shape index (κ2) is 6.66. The Labute approximate surface area is 114 Å². The number of hydrogen-bond acceptors (Lipinski definition) is 3. The van der Waals surface area contributed by atoms with E-state index in [0.717, 1.165) is 13.0 Å². The highest BCUT2D eigenvalue weighted by molar-refractivity contribution is 5.80. The quantitative estimate of drug-likeness (QED) is 0.753. The third-order valence-electron chi connectivity index (χ3n) is 3.49. The molecule has 0 aliphatic heterocycles. The van der Waals surface area contributed by atoms with Crippen molar-refractivity contribution in [3.8, 4) is 0 Å². The first-order valence-electron chi connectivity index (χ1n) is 6.92. The van der Waals surface area contributed by atoms with E-state index in [1.54, 1.807) is 17.3 Å². The van der Waals surface area contributed by atoms with Crippen LogP contribution in [0.5, 0.6) is 0 Å². The van der Waals surface area contributed by atoms with Gasteiger partial charge in [-0.3, -0.25) is 9.78 Å². The maximum Gasteiger partial charge on any atom is 0.251 e. The molecule has 19 heavy (non-hydrogen) atoms. The number of carbonyl (C=O) groups excluding carboxylic acids is 1. The van der Waals surface area contributed by atoms with Crippen molar-refractivity contribution in [1.29, 1.82) is 0 Å². The Bertz CT molecular complexity index is 404. The average Bonchev–Trinajstić information content (AvgIpc) is 3.26. The molecule has 0 spiro atoms. The third kappa shape index (κ3) is 4.63. The molecule has 1 aromatic rings. The predicted octanol–water partition coefficient (Wildman–Crippen LogP) is 1.90. The number of hydrogen-bond donors (Lipinski definition) is 0. The van der Waals surface area contributed by atoms with E-state index in [1.165, 1.54) is 18.4 Å². The second-order valence-electron chi connectivity index (χ2n) is 5.28. The van der Waals surface area contributed by atoms with Gasteiger partial charge in [0.05, 0.1) is 6.61 Å². The fourth-order valence-electron chi connectivity index (χ4n) is 1.90. The summed E-state index contributed by atoms with van der Waals surface area (Å²) in [5.41, 5.74) is 1.20. The molecule has 2 rings (SSSR count). The van der Waals surface area contributed by atoms with Crippen LogP contribution in [0.15, 0.2) is 24.5 Å². The van der Waals surface area contributed by atoms with Crippen molar-refractivity contribution < 1.29 is 9.53 Å². The van der Waals surface area contributed by atoms with Crippen LogP contribution in [0.3, 0.4) is 0 Å². The van der Waals surface area contributed by atoms with Gasteiger partial charge in [-0.15, -0.1) is 0 Å². The zero-order valence-electron chi connectivity index (χ0n) is 11.7. The van der Waals surface area contributed by atoms with E-state index < -0.39 is 0 Å². The molecular weight excluding hydrogens is 240 g/mol. The van der Waals surface area contributed by atoms with Crippen LogP contribution in [0, 0.1) is 5.92 Å². The summed E-state index contributed by atoms with van der Waals surface area (Å²) in [6.45, 7) is 3.28. The van der Waals surface area contributed by atoms with Crippen molar-refractivity contribution in [3.05, 3.63) is 30.1 Å². The van der Waals surface area contributed by atoms with Gasteiger partial charge in [0.1, 0.15) is 6.10 Å². The lowest BCUT2D eigenvalue weighted by Gasteiger charge is -2.21. The maximum atomic E-state index is 12.1. The Balaban J connectivity index is 1.71. The van der Waals surface area contributed by atoms with Crippen molar-refractivity contribution in [1.82, 2.24) is 9.88 Å². The highest BCUT2D eigenvalue weighted by Crippen LogP contribution is 2.29. The summed E-state index contributed by atoms with van der Waals surface area (Å²) in [6, 6.07) is 3.96. The number of likely N-dealkylation sites (N-methyl/N-ethyl adjacent to an activating group) is 1. The average molecular weight is 262 g/mol. The molecule has 1 aliphatic carbocycles. The SMILES string of the molecule is CC(OCC1CC1)C(=O)N(C)CCc1ccncc1. The smallest absolute Gasteiger partial charge is 0.251 e. The topological polar surface area (TPSA) is 42.4 Å². The van der Waals surface area contributed by atoms with Crippen molar-refractivity contribution in [3.63, 3.8) is 0 Å².